The highest BCUT2D eigenvalue weighted by Gasteiger charge is 2.21. The third kappa shape index (κ3) is 3.79. The number of benzene rings is 1. The molecule has 0 fully saturated rings. The summed E-state index contributed by atoms with van der Waals surface area (Å²) in [7, 11) is 1.56. The maximum Gasteiger partial charge on any atom is 0.342 e. The number of carboxylic acid groups (broad SMARTS) is 1. The minimum Gasteiger partial charge on any atom is -0.477 e. The van der Waals surface area contributed by atoms with E-state index in [1.807, 2.05) is 4.90 Å². The van der Waals surface area contributed by atoms with Gasteiger partial charge in [-0.05, 0) is 12.1 Å². The zero-order valence-electron chi connectivity index (χ0n) is 11.1. The van der Waals surface area contributed by atoms with Gasteiger partial charge in [0.1, 0.15) is 5.56 Å². The lowest BCUT2D eigenvalue weighted by Crippen LogP contribution is -2.27. The van der Waals surface area contributed by atoms with Gasteiger partial charge >= 0.3 is 5.97 Å². The second kappa shape index (κ2) is 7.25. The van der Waals surface area contributed by atoms with E-state index in [-0.39, 0.29) is 5.56 Å². The molecule has 0 atom stereocenters. The quantitative estimate of drug-likeness (QED) is 0.444. The number of aromatic carboxylic acids is 1. The van der Waals surface area contributed by atoms with Crippen molar-refractivity contribution in [1.29, 1.82) is 0 Å². The first-order valence-electron chi connectivity index (χ1n) is 5.87. The molecular formula is C13H16N2O5. The van der Waals surface area contributed by atoms with Gasteiger partial charge in [-0.15, -0.1) is 6.58 Å². The molecular weight excluding hydrogens is 264 g/mol. The molecule has 0 spiro atoms. The van der Waals surface area contributed by atoms with Gasteiger partial charge in [-0.1, -0.05) is 6.08 Å². The number of methoxy groups -OCH3 is 1. The highest BCUT2D eigenvalue weighted by atomic mass is 16.6. The largest absolute Gasteiger partial charge is 0.477 e. The Bertz CT molecular complexity index is 515. The number of carbonyl (C=O) groups is 1. The lowest BCUT2D eigenvalue weighted by atomic mass is 10.1. The summed E-state index contributed by atoms with van der Waals surface area (Å²) < 4.78 is 4.98. The van der Waals surface area contributed by atoms with Crippen LogP contribution < -0.4 is 4.90 Å². The van der Waals surface area contributed by atoms with Gasteiger partial charge in [0.2, 0.25) is 0 Å². The fraction of sp³-hybridized carbons (Fsp3) is 0.308. The Kier molecular flexibility index (Phi) is 5.67. The summed E-state index contributed by atoms with van der Waals surface area (Å²) in [6, 6.07) is 4.00. The molecule has 1 aromatic carbocycles. The molecule has 0 aromatic heterocycles. The van der Waals surface area contributed by atoms with Crippen LogP contribution in [0.5, 0.6) is 0 Å². The summed E-state index contributed by atoms with van der Waals surface area (Å²) >= 11 is 0. The third-order valence-corrected chi connectivity index (χ3v) is 2.69. The van der Waals surface area contributed by atoms with E-state index in [0.717, 1.165) is 0 Å². The molecule has 0 aliphatic rings. The van der Waals surface area contributed by atoms with Crippen LogP contribution in [-0.2, 0) is 4.74 Å². The van der Waals surface area contributed by atoms with Crippen LogP contribution in [0.1, 0.15) is 10.4 Å². The Morgan fingerprint density at radius 1 is 1.60 bits per heavy atom. The number of anilines is 1. The molecule has 0 bridgehead atoms. The molecule has 1 aromatic rings. The topological polar surface area (TPSA) is 92.9 Å². The Morgan fingerprint density at radius 3 is 2.80 bits per heavy atom. The van der Waals surface area contributed by atoms with E-state index in [2.05, 4.69) is 6.58 Å². The van der Waals surface area contributed by atoms with Crippen LogP contribution in [0.2, 0.25) is 0 Å². The first-order valence-corrected chi connectivity index (χ1v) is 5.87. The molecule has 0 saturated heterocycles. The molecule has 7 nitrogen and oxygen atoms in total. The van der Waals surface area contributed by atoms with E-state index < -0.39 is 16.6 Å². The third-order valence-electron chi connectivity index (χ3n) is 2.69. The van der Waals surface area contributed by atoms with E-state index >= 15 is 0 Å². The van der Waals surface area contributed by atoms with Gasteiger partial charge < -0.3 is 14.7 Å². The lowest BCUT2D eigenvalue weighted by Gasteiger charge is -2.23. The average Bonchev–Trinajstić information content (AvgIpc) is 2.42. The van der Waals surface area contributed by atoms with Gasteiger partial charge in [-0.25, -0.2) is 4.79 Å². The predicted molar refractivity (Wildman–Crippen MR) is 74.3 cm³/mol. The average molecular weight is 280 g/mol. The SMILES string of the molecule is C=CCN(CCOC)c1ccc([N+](=O)[O-])c(C(=O)O)c1. The van der Waals surface area contributed by atoms with Crippen LogP contribution in [0.25, 0.3) is 0 Å². The van der Waals surface area contributed by atoms with Crippen LogP contribution in [-0.4, -0.2) is 42.8 Å². The fourth-order valence-corrected chi connectivity index (χ4v) is 1.73. The summed E-state index contributed by atoms with van der Waals surface area (Å²) in [4.78, 5) is 23.0. The van der Waals surface area contributed by atoms with Crippen molar-refractivity contribution in [3.05, 3.63) is 46.5 Å². The molecule has 0 radical (unpaired) electrons. The number of nitro benzene ring substituents is 1. The van der Waals surface area contributed by atoms with E-state index in [0.29, 0.717) is 25.4 Å². The van der Waals surface area contributed by atoms with Crippen molar-refractivity contribution < 1.29 is 19.6 Å². The van der Waals surface area contributed by atoms with Crippen molar-refractivity contribution in [1.82, 2.24) is 0 Å². The van der Waals surface area contributed by atoms with E-state index in [1.165, 1.54) is 18.2 Å². The Balaban J connectivity index is 3.16. The van der Waals surface area contributed by atoms with Crippen LogP contribution in [0.4, 0.5) is 11.4 Å². The van der Waals surface area contributed by atoms with Gasteiger partial charge in [0.05, 0.1) is 11.5 Å². The normalized spacial score (nSPS) is 10.1. The number of hydrogen-bond donors (Lipinski definition) is 1. The van der Waals surface area contributed by atoms with Gasteiger partial charge in [0.15, 0.2) is 0 Å². The summed E-state index contributed by atoms with van der Waals surface area (Å²) in [6.07, 6.45) is 1.66. The van der Waals surface area contributed by atoms with E-state index in [9.17, 15) is 14.9 Å². The number of nitrogens with zero attached hydrogens (tertiary/aromatic N) is 2. The number of ether oxygens (including phenoxy) is 1. The Hall–Kier alpha value is -2.41. The minimum absolute atomic E-state index is 0.334. The van der Waals surface area contributed by atoms with Crippen molar-refractivity contribution in [2.24, 2.45) is 0 Å². The highest BCUT2D eigenvalue weighted by molar-refractivity contribution is 5.93. The van der Waals surface area contributed by atoms with Gasteiger partial charge in [0.25, 0.3) is 5.69 Å². The summed E-state index contributed by atoms with van der Waals surface area (Å²) in [5.74, 6) is -1.33. The van der Waals surface area contributed by atoms with Crippen LogP contribution in [0.15, 0.2) is 30.9 Å². The molecule has 0 saturated carbocycles. The monoisotopic (exact) mass is 280 g/mol. The first kappa shape index (κ1) is 15.6. The standard InChI is InChI=1S/C13H16N2O5/c1-3-6-14(7-8-20-2)10-4-5-12(15(18)19)11(9-10)13(16)17/h3-5,9H,1,6-8H2,2H3,(H,16,17). The zero-order chi connectivity index (χ0) is 15.1. The Morgan fingerprint density at radius 2 is 2.30 bits per heavy atom. The van der Waals surface area contributed by atoms with Gasteiger partial charge in [-0.2, -0.15) is 0 Å². The highest BCUT2D eigenvalue weighted by Crippen LogP contribution is 2.25. The molecule has 0 aliphatic carbocycles. The van der Waals surface area contributed by atoms with Crippen molar-refractivity contribution in [2.45, 2.75) is 0 Å². The van der Waals surface area contributed by atoms with Gasteiger partial charge in [0, 0.05) is 32.0 Å². The fourth-order valence-electron chi connectivity index (χ4n) is 1.73. The van der Waals surface area contributed by atoms with Crippen LogP contribution in [0.3, 0.4) is 0 Å². The predicted octanol–water partition coefficient (Wildman–Crippen LogP) is 1.93. The first-order chi connectivity index (χ1) is 9.51. The van der Waals surface area contributed by atoms with Crippen molar-refractivity contribution in [2.75, 3.05) is 31.7 Å². The maximum absolute atomic E-state index is 11.1. The molecule has 0 aliphatic heterocycles. The van der Waals surface area contributed by atoms with E-state index in [4.69, 9.17) is 9.84 Å². The molecule has 0 unspecified atom stereocenters. The zero-order valence-corrected chi connectivity index (χ0v) is 11.1. The van der Waals surface area contributed by atoms with Crippen molar-refractivity contribution in [3.63, 3.8) is 0 Å². The second-order valence-corrected chi connectivity index (χ2v) is 3.99. The summed E-state index contributed by atoms with van der Waals surface area (Å²) in [5.41, 5.74) is -0.185. The maximum atomic E-state index is 11.1. The molecule has 1 N–H and O–H groups in total. The number of hydrogen-bond acceptors (Lipinski definition) is 5. The van der Waals surface area contributed by atoms with Gasteiger partial charge in [-0.3, -0.25) is 10.1 Å². The Labute approximate surface area is 116 Å². The molecule has 1 rings (SSSR count). The number of carboxylic acids is 1. The van der Waals surface area contributed by atoms with Crippen molar-refractivity contribution in [3.8, 4) is 0 Å². The summed E-state index contributed by atoms with van der Waals surface area (Å²) in [6.45, 7) is 5.10. The van der Waals surface area contributed by atoms with Crippen LogP contribution >= 0.6 is 0 Å². The number of rotatable bonds is 8. The number of nitro groups is 1. The molecule has 7 heteroatoms. The smallest absolute Gasteiger partial charge is 0.342 e. The minimum atomic E-state index is -1.33. The molecule has 0 amide bonds. The second-order valence-electron chi connectivity index (χ2n) is 3.99. The van der Waals surface area contributed by atoms with Crippen LogP contribution in [0, 0.1) is 10.1 Å². The summed E-state index contributed by atoms with van der Waals surface area (Å²) in [5, 5.41) is 19.9. The lowest BCUT2D eigenvalue weighted by molar-refractivity contribution is -0.385. The van der Waals surface area contributed by atoms with Crippen molar-refractivity contribution >= 4 is 17.3 Å². The van der Waals surface area contributed by atoms with E-state index in [1.54, 1.807) is 13.2 Å². The molecule has 0 heterocycles. The molecule has 108 valence electrons. The molecule has 20 heavy (non-hydrogen) atoms.